The number of hydrogen-bond donors (Lipinski definition) is 1. The van der Waals surface area contributed by atoms with Crippen LogP contribution in [0.3, 0.4) is 0 Å². The predicted molar refractivity (Wildman–Crippen MR) is 114 cm³/mol. The second-order valence-electron chi connectivity index (χ2n) is 6.26. The zero-order valence-corrected chi connectivity index (χ0v) is 17.1. The number of methoxy groups -OCH3 is 1. The second kappa shape index (κ2) is 9.55. The van der Waals surface area contributed by atoms with Gasteiger partial charge in [-0.15, -0.1) is 4.68 Å². The molecule has 1 aromatic heterocycles. The van der Waals surface area contributed by atoms with E-state index < -0.39 is 34.4 Å². The molecule has 1 heterocycles. The Hall–Kier alpha value is -4.48. The number of carbonyl (C=O) groups is 1. The number of fused-ring (bicyclic) bond motifs is 1. The van der Waals surface area contributed by atoms with Gasteiger partial charge in [0, 0.05) is 11.6 Å². The SMILES string of the molecule is CCOc1cc(C=Nn2c(=O)[nH]c3ccccc3c2=O)cc([N+](=O)[O-])c1OCC(=O)OC. The van der Waals surface area contributed by atoms with Gasteiger partial charge in [0.15, 0.2) is 12.4 Å². The predicted octanol–water partition coefficient (Wildman–Crippen LogP) is 1.43. The van der Waals surface area contributed by atoms with Crippen LogP contribution in [-0.4, -0.2) is 47.1 Å². The standard InChI is InChI=1S/C20H18N4O8/c1-3-31-16-9-12(8-15(24(28)29)18(16)32-11-17(25)30-2)10-21-23-19(26)13-6-4-5-7-14(13)22-20(23)27/h4-10H,3,11H2,1-2H3,(H,22,27). The van der Waals surface area contributed by atoms with Crippen LogP contribution in [0.2, 0.25) is 0 Å². The number of aromatic nitrogens is 2. The van der Waals surface area contributed by atoms with Gasteiger partial charge in [-0.1, -0.05) is 12.1 Å². The molecule has 166 valence electrons. The van der Waals surface area contributed by atoms with Gasteiger partial charge in [-0.25, -0.2) is 9.59 Å². The zero-order valence-electron chi connectivity index (χ0n) is 17.1. The third-order valence-electron chi connectivity index (χ3n) is 4.22. The molecule has 12 heteroatoms. The van der Waals surface area contributed by atoms with Crippen LogP contribution < -0.4 is 20.7 Å². The minimum absolute atomic E-state index is 0.0215. The Morgan fingerprint density at radius 3 is 2.69 bits per heavy atom. The quantitative estimate of drug-likeness (QED) is 0.238. The fraction of sp³-hybridized carbons (Fsp3) is 0.200. The van der Waals surface area contributed by atoms with Crippen LogP contribution in [0.25, 0.3) is 10.9 Å². The number of ether oxygens (including phenoxy) is 3. The first-order valence-corrected chi connectivity index (χ1v) is 9.29. The van der Waals surface area contributed by atoms with Crippen molar-refractivity contribution in [3.05, 3.63) is 72.9 Å². The number of nitrogens with one attached hydrogen (secondary N) is 1. The van der Waals surface area contributed by atoms with Gasteiger partial charge in [0.25, 0.3) is 5.56 Å². The van der Waals surface area contributed by atoms with E-state index in [9.17, 15) is 24.5 Å². The smallest absolute Gasteiger partial charge is 0.349 e. The average molecular weight is 442 g/mol. The zero-order chi connectivity index (χ0) is 23.3. The molecule has 0 saturated carbocycles. The number of para-hydroxylation sites is 1. The van der Waals surface area contributed by atoms with Gasteiger partial charge < -0.3 is 19.2 Å². The Labute approximate surface area is 179 Å². The van der Waals surface area contributed by atoms with Crippen molar-refractivity contribution < 1.29 is 23.9 Å². The van der Waals surface area contributed by atoms with Crippen molar-refractivity contribution in [3.8, 4) is 11.5 Å². The third kappa shape index (κ3) is 4.64. The fourth-order valence-corrected chi connectivity index (χ4v) is 2.80. The van der Waals surface area contributed by atoms with Crippen molar-refractivity contribution in [2.24, 2.45) is 5.10 Å². The van der Waals surface area contributed by atoms with Gasteiger partial charge >= 0.3 is 17.3 Å². The van der Waals surface area contributed by atoms with Crippen molar-refractivity contribution in [2.45, 2.75) is 6.92 Å². The molecule has 0 radical (unpaired) electrons. The van der Waals surface area contributed by atoms with E-state index in [-0.39, 0.29) is 29.1 Å². The Balaban J connectivity index is 2.07. The van der Waals surface area contributed by atoms with Crippen molar-refractivity contribution in [2.75, 3.05) is 20.3 Å². The molecule has 0 bridgehead atoms. The summed E-state index contributed by atoms with van der Waals surface area (Å²) in [5.41, 5.74) is -1.41. The molecule has 3 aromatic rings. The van der Waals surface area contributed by atoms with Crippen LogP contribution in [-0.2, 0) is 9.53 Å². The lowest BCUT2D eigenvalue weighted by Gasteiger charge is -2.12. The Bertz CT molecular complexity index is 1330. The summed E-state index contributed by atoms with van der Waals surface area (Å²) in [6, 6.07) is 8.90. The minimum Gasteiger partial charge on any atom is -0.490 e. The maximum absolute atomic E-state index is 12.6. The molecule has 0 aliphatic carbocycles. The summed E-state index contributed by atoms with van der Waals surface area (Å²) < 4.78 is 15.7. The lowest BCUT2D eigenvalue weighted by molar-refractivity contribution is -0.385. The number of aromatic amines is 1. The average Bonchev–Trinajstić information content (AvgIpc) is 2.77. The van der Waals surface area contributed by atoms with E-state index in [4.69, 9.17) is 9.47 Å². The van der Waals surface area contributed by atoms with Crippen LogP contribution >= 0.6 is 0 Å². The van der Waals surface area contributed by atoms with E-state index in [0.717, 1.165) is 19.4 Å². The molecule has 2 aromatic carbocycles. The number of carbonyl (C=O) groups excluding carboxylic acids is 1. The second-order valence-corrected chi connectivity index (χ2v) is 6.26. The maximum Gasteiger partial charge on any atom is 0.349 e. The molecule has 0 atom stereocenters. The topological polar surface area (TPSA) is 155 Å². The van der Waals surface area contributed by atoms with Crippen molar-refractivity contribution in [1.82, 2.24) is 9.66 Å². The van der Waals surface area contributed by atoms with E-state index in [1.807, 2.05) is 0 Å². The highest BCUT2D eigenvalue weighted by Gasteiger charge is 2.23. The molecule has 0 fully saturated rings. The van der Waals surface area contributed by atoms with E-state index in [1.165, 1.54) is 12.1 Å². The first kappa shape index (κ1) is 22.2. The summed E-state index contributed by atoms with van der Waals surface area (Å²) >= 11 is 0. The molecule has 0 unspecified atom stereocenters. The van der Waals surface area contributed by atoms with Gasteiger partial charge in [0.1, 0.15) is 0 Å². The molecule has 1 N–H and O–H groups in total. The highest BCUT2D eigenvalue weighted by atomic mass is 16.6. The van der Waals surface area contributed by atoms with Crippen LogP contribution in [0.15, 0.2) is 51.1 Å². The molecular formula is C20H18N4O8. The van der Waals surface area contributed by atoms with Crippen LogP contribution in [0.1, 0.15) is 12.5 Å². The number of hydrogen-bond acceptors (Lipinski definition) is 9. The van der Waals surface area contributed by atoms with Crippen LogP contribution in [0.4, 0.5) is 5.69 Å². The highest BCUT2D eigenvalue weighted by Crippen LogP contribution is 2.38. The van der Waals surface area contributed by atoms with E-state index in [2.05, 4.69) is 14.8 Å². The summed E-state index contributed by atoms with van der Waals surface area (Å²) in [5.74, 6) is -1.02. The minimum atomic E-state index is -0.775. The summed E-state index contributed by atoms with van der Waals surface area (Å²) in [6.07, 6.45) is 1.10. The van der Waals surface area contributed by atoms with Crippen molar-refractivity contribution in [3.63, 3.8) is 0 Å². The highest BCUT2D eigenvalue weighted by molar-refractivity contribution is 5.83. The molecule has 0 saturated heterocycles. The molecular weight excluding hydrogens is 424 g/mol. The number of nitro benzene ring substituents is 1. The lowest BCUT2D eigenvalue weighted by Crippen LogP contribution is -2.32. The van der Waals surface area contributed by atoms with E-state index >= 15 is 0 Å². The number of esters is 1. The molecule has 32 heavy (non-hydrogen) atoms. The molecule has 0 aliphatic rings. The first-order valence-electron chi connectivity index (χ1n) is 9.29. The van der Waals surface area contributed by atoms with Crippen molar-refractivity contribution in [1.29, 1.82) is 0 Å². The summed E-state index contributed by atoms with van der Waals surface area (Å²) in [7, 11) is 1.15. The molecule has 0 aliphatic heterocycles. The van der Waals surface area contributed by atoms with Crippen LogP contribution in [0.5, 0.6) is 11.5 Å². The Kier molecular flexibility index (Phi) is 6.63. The van der Waals surface area contributed by atoms with Crippen molar-refractivity contribution >= 4 is 28.8 Å². The van der Waals surface area contributed by atoms with Gasteiger partial charge in [-0.3, -0.25) is 14.9 Å². The van der Waals surface area contributed by atoms with Gasteiger partial charge in [0.2, 0.25) is 5.75 Å². The van der Waals surface area contributed by atoms with Gasteiger partial charge in [0.05, 0.1) is 35.8 Å². The Morgan fingerprint density at radius 1 is 1.25 bits per heavy atom. The number of rotatable bonds is 8. The number of benzene rings is 2. The maximum atomic E-state index is 12.6. The fourth-order valence-electron chi connectivity index (χ4n) is 2.80. The van der Waals surface area contributed by atoms with Crippen LogP contribution in [0, 0.1) is 10.1 Å². The van der Waals surface area contributed by atoms with Gasteiger partial charge in [-0.05, 0) is 25.1 Å². The molecule has 12 nitrogen and oxygen atoms in total. The monoisotopic (exact) mass is 442 g/mol. The normalized spacial score (nSPS) is 10.9. The summed E-state index contributed by atoms with van der Waals surface area (Å²) in [4.78, 5) is 49.6. The third-order valence-corrected chi connectivity index (χ3v) is 4.22. The molecule has 0 amide bonds. The molecule has 3 rings (SSSR count). The van der Waals surface area contributed by atoms with Gasteiger partial charge in [-0.2, -0.15) is 5.10 Å². The lowest BCUT2D eigenvalue weighted by atomic mass is 10.2. The number of nitrogens with zero attached hydrogens (tertiary/aromatic N) is 3. The molecule has 0 spiro atoms. The van der Waals surface area contributed by atoms with E-state index in [0.29, 0.717) is 10.2 Å². The first-order chi connectivity index (χ1) is 15.3. The Morgan fingerprint density at radius 2 is 2.00 bits per heavy atom. The summed E-state index contributed by atoms with van der Waals surface area (Å²) in [5, 5.41) is 15.7. The largest absolute Gasteiger partial charge is 0.490 e. The summed E-state index contributed by atoms with van der Waals surface area (Å²) in [6.45, 7) is 1.24. The number of nitro groups is 1. The van der Waals surface area contributed by atoms with E-state index in [1.54, 1.807) is 25.1 Å². The number of H-pyrrole nitrogens is 1.